The van der Waals surface area contributed by atoms with E-state index in [1.54, 1.807) is 35.1 Å². The molecule has 1 aliphatic rings. The van der Waals surface area contributed by atoms with Crippen LogP contribution in [0.2, 0.25) is 0 Å². The third-order valence-corrected chi connectivity index (χ3v) is 7.70. The highest BCUT2D eigenvalue weighted by molar-refractivity contribution is 8.77. The first-order chi connectivity index (χ1) is 15.5. The second-order valence-electron chi connectivity index (χ2n) is 6.56. The summed E-state index contributed by atoms with van der Waals surface area (Å²) in [6.07, 6.45) is 3.71. The summed E-state index contributed by atoms with van der Waals surface area (Å²) in [5, 5.41) is 11.6. The van der Waals surface area contributed by atoms with Crippen molar-refractivity contribution in [3.8, 4) is 5.75 Å². The Morgan fingerprint density at radius 3 is 2.75 bits per heavy atom. The minimum Gasteiger partial charge on any atom is -0.484 e. The van der Waals surface area contributed by atoms with E-state index in [-0.39, 0.29) is 19.1 Å². The number of rotatable bonds is 11. The number of likely N-dealkylation sites (tertiary alicyclic amines) is 1. The molecule has 2 unspecified atom stereocenters. The Balaban J connectivity index is 1.53. The molecule has 1 saturated heterocycles. The van der Waals surface area contributed by atoms with Crippen molar-refractivity contribution in [2.45, 2.75) is 23.3 Å². The molecule has 0 bridgehead atoms. The van der Waals surface area contributed by atoms with Gasteiger partial charge < -0.3 is 19.7 Å². The Morgan fingerprint density at radius 2 is 2.06 bits per heavy atom. The van der Waals surface area contributed by atoms with Crippen LogP contribution < -0.4 is 10.1 Å². The molecule has 0 radical (unpaired) electrons. The summed E-state index contributed by atoms with van der Waals surface area (Å²) >= 11 is 1.52. The highest BCUT2D eigenvalue weighted by atomic mass is 33.1. The lowest BCUT2D eigenvalue weighted by atomic mass is 9.94. The number of β-lactam (4-membered cyclic amide) rings is 1. The van der Waals surface area contributed by atoms with Crippen LogP contribution in [-0.4, -0.2) is 71.0 Å². The van der Waals surface area contributed by atoms with Crippen LogP contribution in [0.3, 0.4) is 0 Å². The van der Waals surface area contributed by atoms with E-state index >= 15 is 0 Å². The average molecular weight is 495 g/mol. The van der Waals surface area contributed by atoms with Crippen LogP contribution in [0.25, 0.3) is 0 Å². The monoisotopic (exact) mass is 494 g/mol. The second kappa shape index (κ2) is 11.9. The summed E-state index contributed by atoms with van der Waals surface area (Å²) in [5.74, 6) is -0.0703. The Kier molecular flexibility index (Phi) is 8.94. The van der Waals surface area contributed by atoms with Gasteiger partial charge in [-0.15, -0.1) is 10.2 Å². The van der Waals surface area contributed by atoms with E-state index in [0.29, 0.717) is 11.5 Å². The Labute approximate surface area is 197 Å². The van der Waals surface area contributed by atoms with Gasteiger partial charge in [-0.3, -0.25) is 14.4 Å². The van der Waals surface area contributed by atoms with Crippen LogP contribution in [-0.2, 0) is 19.1 Å². The van der Waals surface area contributed by atoms with Crippen molar-refractivity contribution in [2.75, 3.05) is 26.0 Å². The predicted octanol–water partition coefficient (Wildman–Crippen LogP) is 2.09. The topological polar surface area (TPSA) is 111 Å². The van der Waals surface area contributed by atoms with Crippen LogP contribution >= 0.6 is 32.9 Å². The van der Waals surface area contributed by atoms with Gasteiger partial charge in [-0.1, -0.05) is 52.5 Å². The Morgan fingerprint density at radius 1 is 1.28 bits per heavy atom. The number of aromatic nitrogens is 2. The van der Waals surface area contributed by atoms with E-state index in [9.17, 15) is 14.4 Å². The van der Waals surface area contributed by atoms with Gasteiger partial charge in [0.25, 0.3) is 5.91 Å². The molecule has 9 nitrogen and oxygen atoms in total. The summed E-state index contributed by atoms with van der Waals surface area (Å²) in [6, 6.07) is 7.73. The average Bonchev–Trinajstić information content (AvgIpc) is 3.23. The highest BCUT2D eigenvalue weighted by Gasteiger charge is 2.47. The van der Waals surface area contributed by atoms with Gasteiger partial charge in [0.05, 0.1) is 13.2 Å². The molecular formula is C20H22N4O5S3. The quantitative estimate of drug-likeness (QED) is 0.165. The van der Waals surface area contributed by atoms with Crippen molar-refractivity contribution >= 4 is 50.7 Å². The molecule has 2 amide bonds. The van der Waals surface area contributed by atoms with Gasteiger partial charge in [0.15, 0.2) is 10.9 Å². The fourth-order valence-corrected chi connectivity index (χ4v) is 5.76. The molecule has 1 N–H and O–H groups in total. The zero-order chi connectivity index (χ0) is 22.9. The minimum atomic E-state index is -0.758. The summed E-state index contributed by atoms with van der Waals surface area (Å²) in [6.45, 7) is 1.51. The number of amides is 2. The van der Waals surface area contributed by atoms with Crippen LogP contribution in [0.1, 0.15) is 5.01 Å². The van der Waals surface area contributed by atoms with Crippen molar-refractivity contribution in [3.63, 3.8) is 0 Å². The van der Waals surface area contributed by atoms with Crippen LogP contribution in [0.4, 0.5) is 0 Å². The molecule has 12 heteroatoms. The van der Waals surface area contributed by atoms with E-state index < -0.39 is 24.0 Å². The Hall–Kier alpha value is -2.57. The standard InChI is InChI=1S/C20H22N4O5S3/c1-13-22-23-20(31-13)32-30-10-6-9-15-18(19(27)24(15)11-17(26)28-2)21-16(25)12-29-14-7-4-3-5-8-14/h3-9,15,18H,10-12H2,1-2H3,(H,21,25). The SMILES string of the molecule is COC(=O)CN1C(=O)C(NC(=O)COc2ccccc2)C1C=CCSSc1nnc(C)s1. The number of benzene rings is 1. The fraction of sp³-hybridized carbons (Fsp3) is 0.350. The first-order valence-corrected chi connectivity index (χ1v) is 12.7. The van der Waals surface area contributed by atoms with Gasteiger partial charge in [0.1, 0.15) is 23.3 Å². The molecule has 2 atom stereocenters. The third-order valence-electron chi connectivity index (χ3n) is 4.34. The van der Waals surface area contributed by atoms with Crippen LogP contribution in [0.15, 0.2) is 46.8 Å². The molecule has 1 aliphatic heterocycles. The van der Waals surface area contributed by atoms with Gasteiger partial charge in [-0.25, -0.2) is 0 Å². The number of nitrogens with zero attached hydrogens (tertiary/aromatic N) is 3. The van der Waals surface area contributed by atoms with Crippen molar-refractivity contribution in [3.05, 3.63) is 47.5 Å². The molecule has 0 saturated carbocycles. The summed E-state index contributed by atoms with van der Waals surface area (Å²) in [5.41, 5.74) is 0. The van der Waals surface area contributed by atoms with Crippen molar-refractivity contribution < 1.29 is 23.9 Å². The number of methoxy groups -OCH3 is 1. The molecule has 1 aromatic heterocycles. The molecule has 0 aliphatic carbocycles. The predicted molar refractivity (Wildman–Crippen MR) is 123 cm³/mol. The molecule has 2 aromatic rings. The third kappa shape index (κ3) is 6.71. The van der Waals surface area contributed by atoms with E-state index in [0.717, 1.165) is 9.35 Å². The molecule has 1 fully saturated rings. The number of aryl methyl sites for hydroxylation is 1. The number of hydrogen-bond donors (Lipinski definition) is 1. The largest absolute Gasteiger partial charge is 0.484 e. The fourth-order valence-electron chi connectivity index (χ4n) is 2.83. The van der Waals surface area contributed by atoms with Crippen LogP contribution in [0.5, 0.6) is 5.75 Å². The lowest BCUT2D eigenvalue weighted by molar-refractivity contribution is -0.158. The number of ether oxygens (including phenoxy) is 2. The number of nitrogens with one attached hydrogen (secondary N) is 1. The number of esters is 1. The van der Waals surface area contributed by atoms with Gasteiger partial charge in [-0.2, -0.15) is 0 Å². The first-order valence-electron chi connectivity index (χ1n) is 9.58. The van der Waals surface area contributed by atoms with E-state index in [1.807, 2.05) is 25.1 Å². The maximum atomic E-state index is 12.5. The van der Waals surface area contributed by atoms with Gasteiger partial charge in [0.2, 0.25) is 5.91 Å². The van der Waals surface area contributed by atoms with Gasteiger partial charge in [-0.05, 0) is 29.9 Å². The first kappa shape index (κ1) is 24.1. The zero-order valence-corrected chi connectivity index (χ0v) is 19.9. The molecule has 32 heavy (non-hydrogen) atoms. The summed E-state index contributed by atoms with van der Waals surface area (Å²) in [7, 11) is 4.36. The van der Waals surface area contributed by atoms with Crippen molar-refractivity contribution in [2.24, 2.45) is 0 Å². The maximum absolute atomic E-state index is 12.5. The second-order valence-corrected chi connectivity index (χ2v) is 10.3. The summed E-state index contributed by atoms with van der Waals surface area (Å²) < 4.78 is 11.0. The van der Waals surface area contributed by atoms with Gasteiger partial charge in [0, 0.05) is 5.75 Å². The Bertz CT molecular complexity index is 969. The number of carbonyl (C=O) groups is 3. The summed E-state index contributed by atoms with van der Waals surface area (Å²) in [4.78, 5) is 37.8. The molecule has 0 spiro atoms. The number of hydrogen-bond acceptors (Lipinski definition) is 10. The molecule has 2 heterocycles. The van der Waals surface area contributed by atoms with E-state index in [2.05, 4.69) is 20.3 Å². The molecular weight excluding hydrogens is 472 g/mol. The smallest absolute Gasteiger partial charge is 0.325 e. The molecule has 170 valence electrons. The lowest BCUT2D eigenvalue weighted by Crippen LogP contribution is -2.71. The number of para-hydroxylation sites is 1. The number of carbonyl (C=O) groups excluding carboxylic acids is 3. The molecule has 3 rings (SSSR count). The minimum absolute atomic E-state index is 0.177. The lowest BCUT2D eigenvalue weighted by Gasteiger charge is -2.45. The zero-order valence-electron chi connectivity index (χ0n) is 17.4. The van der Waals surface area contributed by atoms with Crippen LogP contribution in [0, 0.1) is 6.92 Å². The van der Waals surface area contributed by atoms with Crippen molar-refractivity contribution in [1.82, 2.24) is 20.4 Å². The van der Waals surface area contributed by atoms with Crippen molar-refractivity contribution in [1.29, 1.82) is 0 Å². The van der Waals surface area contributed by atoms with Gasteiger partial charge >= 0.3 is 5.97 Å². The highest BCUT2D eigenvalue weighted by Crippen LogP contribution is 2.33. The maximum Gasteiger partial charge on any atom is 0.325 e. The van der Waals surface area contributed by atoms with E-state index in [1.165, 1.54) is 34.1 Å². The van der Waals surface area contributed by atoms with E-state index in [4.69, 9.17) is 4.74 Å². The molecule has 1 aromatic carbocycles. The normalized spacial score (nSPS) is 17.8.